The number of carbonyl (C=O) groups excluding carboxylic acids is 2. The zero-order chi connectivity index (χ0) is 21.3. The lowest BCUT2D eigenvalue weighted by atomic mass is 10.0. The summed E-state index contributed by atoms with van der Waals surface area (Å²) in [6, 6.07) is 22.2. The third-order valence-electron chi connectivity index (χ3n) is 5.12. The van der Waals surface area contributed by atoms with Gasteiger partial charge in [-0.1, -0.05) is 66.6 Å². The van der Waals surface area contributed by atoms with Crippen molar-refractivity contribution in [3.05, 3.63) is 100 Å². The number of benzene rings is 3. The minimum Gasteiger partial charge on any atom is -0.350 e. The van der Waals surface area contributed by atoms with E-state index in [4.69, 9.17) is 11.6 Å². The van der Waals surface area contributed by atoms with Gasteiger partial charge in [-0.05, 0) is 54.8 Å². The quantitative estimate of drug-likeness (QED) is 0.550. The number of nitrogens with one attached hydrogen (secondary N) is 1. The molecule has 4 rings (SSSR count). The average molecular weight is 417 g/mol. The maximum atomic E-state index is 13.4. The van der Waals surface area contributed by atoms with E-state index in [0.717, 1.165) is 17.7 Å². The fourth-order valence-electron chi connectivity index (χ4n) is 3.45. The van der Waals surface area contributed by atoms with Crippen LogP contribution in [-0.2, 0) is 16.0 Å². The van der Waals surface area contributed by atoms with Gasteiger partial charge in [0.2, 0.25) is 0 Å². The van der Waals surface area contributed by atoms with Crippen LogP contribution in [0.25, 0.3) is 5.57 Å². The Hall–Kier alpha value is -3.37. The van der Waals surface area contributed by atoms with Crippen LogP contribution in [0.3, 0.4) is 0 Å². The molecule has 0 bridgehead atoms. The molecular formula is C25H21ClN2O2. The van der Waals surface area contributed by atoms with Gasteiger partial charge in [-0.15, -0.1) is 0 Å². The normalized spacial score (nSPS) is 13.9. The summed E-state index contributed by atoms with van der Waals surface area (Å²) in [5, 5.41) is 3.64. The molecule has 2 amide bonds. The van der Waals surface area contributed by atoms with Crippen LogP contribution in [0, 0.1) is 6.92 Å². The Bertz CT molecular complexity index is 1150. The highest BCUT2D eigenvalue weighted by Gasteiger charge is 2.40. The molecule has 0 aromatic heterocycles. The molecule has 1 heterocycles. The molecule has 4 nitrogen and oxygen atoms in total. The van der Waals surface area contributed by atoms with Gasteiger partial charge in [0.15, 0.2) is 0 Å². The highest BCUT2D eigenvalue weighted by atomic mass is 35.5. The summed E-state index contributed by atoms with van der Waals surface area (Å²) in [5.74, 6) is -0.781. The first-order chi connectivity index (χ1) is 14.5. The molecule has 1 aliphatic heterocycles. The van der Waals surface area contributed by atoms with Gasteiger partial charge in [0, 0.05) is 10.7 Å². The maximum Gasteiger partial charge on any atom is 0.282 e. The van der Waals surface area contributed by atoms with Gasteiger partial charge < -0.3 is 5.32 Å². The Labute approximate surface area is 180 Å². The first kappa shape index (κ1) is 19.9. The zero-order valence-electron chi connectivity index (χ0n) is 16.8. The van der Waals surface area contributed by atoms with E-state index in [-0.39, 0.29) is 11.6 Å². The van der Waals surface area contributed by atoms with Gasteiger partial charge in [-0.25, -0.2) is 4.90 Å². The van der Waals surface area contributed by atoms with Crippen molar-refractivity contribution in [1.29, 1.82) is 0 Å². The Morgan fingerprint density at radius 1 is 0.900 bits per heavy atom. The lowest BCUT2D eigenvalue weighted by molar-refractivity contribution is -0.120. The monoisotopic (exact) mass is 416 g/mol. The van der Waals surface area contributed by atoms with Crippen LogP contribution in [0.2, 0.25) is 5.02 Å². The average Bonchev–Trinajstić information content (AvgIpc) is 2.99. The molecule has 0 radical (unpaired) electrons. The minimum atomic E-state index is -0.405. The van der Waals surface area contributed by atoms with Crippen molar-refractivity contribution in [2.75, 3.05) is 10.2 Å². The van der Waals surface area contributed by atoms with Crippen LogP contribution in [0.5, 0.6) is 0 Å². The van der Waals surface area contributed by atoms with E-state index in [1.54, 1.807) is 24.3 Å². The number of imide groups is 1. The molecule has 5 heteroatoms. The molecular weight excluding hydrogens is 396 g/mol. The number of hydrogen-bond acceptors (Lipinski definition) is 3. The van der Waals surface area contributed by atoms with Crippen LogP contribution in [0.4, 0.5) is 11.4 Å². The van der Waals surface area contributed by atoms with Crippen LogP contribution in [0.15, 0.2) is 78.5 Å². The van der Waals surface area contributed by atoms with E-state index in [9.17, 15) is 9.59 Å². The zero-order valence-corrected chi connectivity index (χ0v) is 17.5. The molecule has 0 saturated carbocycles. The number of hydrogen-bond donors (Lipinski definition) is 1. The molecule has 0 unspecified atom stereocenters. The van der Waals surface area contributed by atoms with Crippen molar-refractivity contribution in [3.8, 4) is 0 Å². The molecule has 1 N–H and O–H groups in total. The molecule has 150 valence electrons. The van der Waals surface area contributed by atoms with E-state index in [0.29, 0.717) is 21.8 Å². The van der Waals surface area contributed by atoms with Crippen LogP contribution < -0.4 is 10.2 Å². The minimum absolute atomic E-state index is 0.257. The van der Waals surface area contributed by atoms with Crippen molar-refractivity contribution in [1.82, 2.24) is 0 Å². The fourth-order valence-corrected chi connectivity index (χ4v) is 3.64. The van der Waals surface area contributed by atoms with Crippen molar-refractivity contribution in [3.63, 3.8) is 0 Å². The SMILES string of the molecule is CCc1ccc(NC2=C(c3ccc(C)cc3)C(=O)N(c3cccc(Cl)c3)C2=O)cc1. The van der Waals surface area contributed by atoms with Crippen molar-refractivity contribution < 1.29 is 9.59 Å². The predicted molar refractivity (Wildman–Crippen MR) is 121 cm³/mol. The first-order valence-electron chi connectivity index (χ1n) is 9.79. The highest BCUT2D eigenvalue weighted by Crippen LogP contribution is 2.34. The topological polar surface area (TPSA) is 49.4 Å². The molecule has 30 heavy (non-hydrogen) atoms. The summed E-state index contributed by atoms with van der Waals surface area (Å²) in [4.78, 5) is 27.9. The van der Waals surface area contributed by atoms with Crippen LogP contribution in [-0.4, -0.2) is 11.8 Å². The van der Waals surface area contributed by atoms with E-state index >= 15 is 0 Å². The van der Waals surface area contributed by atoms with E-state index in [2.05, 4.69) is 12.2 Å². The number of aryl methyl sites for hydroxylation is 2. The summed E-state index contributed by atoms with van der Waals surface area (Å²) in [5.41, 5.74) is 4.76. The molecule has 0 aliphatic carbocycles. The number of amides is 2. The smallest absolute Gasteiger partial charge is 0.282 e. The van der Waals surface area contributed by atoms with Gasteiger partial charge in [0.05, 0.1) is 11.3 Å². The van der Waals surface area contributed by atoms with E-state index in [1.165, 1.54) is 10.5 Å². The number of rotatable bonds is 5. The summed E-state index contributed by atoms with van der Waals surface area (Å²) < 4.78 is 0. The summed E-state index contributed by atoms with van der Waals surface area (Å²) in [6.07, 6.45) is 0.928. The van der Waals surface area contributed by atoms with Gasteiger partial charge in [0.1, 0.15) is 5.70 Å². The summed E-state index contributed by atoms with van der Waals surface area (Å²) >= 11 is 6.11. The second-order valence-corrected chi connectivity index (χ2v) is 7.65. The lowest BCUT2D eigenvalue weighted by Crippen LogP contribution is -2.32. The van der Waals surface area contributed by atoms with Crippen molar-refractivity contribution >= 4 is 40.4 Å². The standard InChI is InChI=1S/C25H21ClN2O2/c1-3-17-9-13-20(14-10-17)27-23-22(18-11-7-16(2)8-12-18)24(29)28(25(23)30)21-6-4-5-19(26)15-21/h4-15,27H,3H2,1-2H3. The molecule has 0 spiro atoms. The third kappa shape index (κ3) is 3.74. The molecule has 3 aromatic rings. The maximum absolute atomic E-state index is 13.4. The number of nitrogens with zero attached hydrogens (tertiary/aromatic N) is 1. The predicted octanol–water partition coefficient (Wildman–Crippen LogP) is 5.61. The van der Waals surface area contributed by atoms with Crippen molar-refractivity contribution in [2.24, 2.45) is 0 Å². The number of anilines is 2. The Kier molecular flexibility index (Phi) is 5.42. The molecule has 3 aromatic carbocycles. The second-order valence-electron chi connectivity index (χ2n) is 7.22. The second kappa shape index (κ2) is 8.17. The van der Waals surface area contributed by atoms with E-state index in [1.807, 2.05) is 55.5 Å². The molecule has 0 saturated heterocycles. The molecule has 0 atom stereocenters. The summed E-state index contributed by atoms with van der Waals surface area (Å²) in [7, 11) is 0. The lowest BCUT2D eigenvalue weighted by Gasteiger charge is -2.15. The van der Waals surface area contributed by atoms with Gasteiger partial charge in [-0.2, -0.15) is 0 Å². The summed E-state index contributed by atoms with van der Waals surface area (Å²) in [6.45, 7) is 4.06. The molecule has 1 aliphatic rings. The van der Waals surface area contributed by atoms with Crippen LogP contribution in [0.1, 0.15) is 23.6 Å². The highest BCUT2D eigenvalue weighted by molar-refractivity contribution is 6.46. The first-order valence-corrected chi connectivity index (χ1v) is 10.2. The van der Waals surface area contributed by atoms with Gasteiger partial charge in [-0.3, -0.25) is 9.59 Å². The fraction of sp³-hybridized carbons (Fsp3) is 0.120. The van der Waals surface area contributed by atoms with Gasteiger partial charge >= 0.3 is 0 Å². The van der Waals surface area contributed by atoms with Crippen molar-refractivity contribution in [2.45, 2.75) is 20.3 Å². The third-order valence-corrected chi connectivity index (χ3v) is 5.36. The Balaban J connectivity index is 1.80. The van der Waals surface area contributed by atoms with E-state index < -0.39 is 5.91 Å². The number of carbonyl (C=O) groups is 2. The van der Waals surface area contributed by atoms with Crippen LogP contribution >= 0.6 is 11.6 Å². The molecule has 0 fully saturated rings. The van der Waals surface area contributed by atoms with Gasteiger partial charge in [0.25, 0.3) is 11.8 Å². The number of halogens is 1. The largest absolute Gasteiger partial charge is 0.350 e. The Morgan fingerprint density at radius 2 is 1.60 bits per heavy atom. The Morgan fingerprint density at radius 3 is 2.23 bits per heavy atom.